The van der Waals surface area contributed by atoms with E-state index in [4.69, 9.17) is 5.73 Å². The van der Waals surface area contributed by atoms with Gasteiger partial charge in [-0.15, -0.1) is 0 Å². The normalized spacial score (nSPS) is 20.8. The van der Waals surface area contributed by atoms with Crippen LogP contribution in [0.4, 0.5) is 0 Å². The first-order chi connectivity index (χ1) is 9.65. The van der Waals surface area contributed by atoms with Crippen LogP contribution in [-0.2, 0) is 13.0 Å². The molecule has 2 aliphatic heterocycles. The van der Waals surface area contributed by atoms with Crippen molar-refractivity contribution >= 4 is 5.91 Å². The molecule has 0 atom stereocenters. The van der Waals surface area contributed by atoms with Gasteiger partial charge in [0.25, 0.3) is 5.91 Å². The Bertz CT molecular complexity index is 509. The zero-order valence-corrected chi connectivity index (χ0v) is 12.0. The number of nitrogens with two attached hydrogens (primary N) is 1. The maximum atomic E-state index is 12.7. The number of piperidine rings is 1. The molecule has 5 nitrogen and oxygen atoms in total. The molecule has 0 spiro atoms. The zero-order chi connectivity index (χ0) is 14.1. The predicted molar refractivity (Wildman–Crippen MR) is 77.4 cm³/mol. The van der Waals surface area contributed by atoms with Crippen molar-refractivity contribution in [1.82, 2.24) is 14.8 Å². The largest absolute Gasteiger partial charge is 0.338 e. The van der Waals surface area contributed by atoms with Crippen LogP contribution in [0.15, 0.2) is 12.4 Å². The smallest absolute Gasteiger partial charge is 0.255 e. The highest BCUT2D eigenvalue weighted by Crippen LogP contribution is 2.23. The number of carbonyl (C=O) groups is 1. The van der Waals surface area contributed by atoms with E-state index in [1.54, 1.807) is 6.20 Å². The Balaban J connectivity index is 1.83. The Morgan fingerprint density at radius 1 is 1.30 bits per heavy atom. The topological polar surface area (TPSA) is 62.5 Å². The van der Waals surface area contributed by atoms with Crippen molar-refractivity contribution < 1.29 is 4.79 Å². The van der Waals surface area contributed by atoms with E-state index in [-0.39, 0.29) is 11.9 Å². The minimum Gasteiger partial charge on any atom is -0.338 e. The third kappa shape index (κ3) is 2.55. The second-order valence-corrected chi connectivity index (χ2v) is 5.94. The molecular formula is C15H22N4O. The first-order valence-corrected chi connectivity index (χ1v) is 7.34. The van der Waals surface area contributed by atoms with Gasteiger partial charge in [0.1, 0.15) is 0 Å². The third-order valence-corrected chi connectivity index (χ3v) is 4.39. The van der Waals surface area contributed by atoms with Crippen molar-refractivity contribution in [2.75, 3.05) is 26.7 Å². The van der Waals surface area contributed by atoms with Gasteiger partial charge in [-0.1, -0.05) is 0 Å². The highest BCUT2D eigenvalue weighted by atomic mass is 16.2. The minimum absolute atomic E-state index is 0.130. The van der Waals surface area contributed by atoms with E-state index in [0.29, 0.717) is 0 Å². The molecule has 3 rings (SSSR count). The Labute approximate surface area is 119 Å². The Hall–Kier alpha value is -1.46. The van der Waals surface area contributed by atoms with Crippen LogP contribution >= 0.6 is 0 Å². The molecule has 5 heteroatoms. The number of pyridine rings is 1. The molecule has 0 bridgehead atoms. The van der Waals surface area contributed by atoms with E-state index >= 15 is 0 Å². The van der Waals surface area contributed by atoms with Gasteiger partial charge in [-0.2, -0.15) is 0 Å². The molecule has 0 unspecified atom stereocenters. The van der Waals surface area contributed by atoms with Crippen molar-refractivity contribution in [2.24, 2.45) is 5.73 Å². The summed E-state index contributed by atoms with van der Waals surface area (Å²) in [5, 5.41) is 0. The number of nitrogens with zero attached hydrogens (tertiary/aromatic N) is 3. The van der Waals surface area contributed by atoms with Gasteiger partial charge >= 0.3 is 0 Å². The van der Waals surface area contributed by atoms with Gasteiger partial charge in [0.05, 0.1) is 5.56 Å². The molecule has 108 valence electrons. The number of amides is 1. The summed E-state index contributed by atoms with van der Waals surface area (Å²) in [7, 11) is 2.10. The van der Waals surface area contributed by atoms with Crippen LogP contribution < -0.4 is 5.73 Å². The zero-order valence-electron chi connectivity index (χ0n) is 12.0. The standard InChI is InChI=1S/C15H22N4O/c1-18-5-4-13-11(10-18)8-17-9-14(13)15(20)19-6-2-12(16)3-7-19/h8-9,12H,2-7,10,16H2,1H3. The molecule has 2 N–H and O–H groups in total. The summed E-state index contributed by atoms with van der Waals surface area (Å²) in [6.45, 7) is 3.42. The second kappa shape index (κ2) is 5.50. The van der Waals surface area contributed by atoms with E-state index < -0.39 is 0 Å². The molecule has 0 aliphatic carbocycles. The van der Waals surface area contributed by atoms with Gasteiger partial charge < -0.3 is 15.5 Å². The highest BCUT2D eigenvalue weighted by molar-refractivity contribution is 5.95. The molecule has 1 amide bonds. The number of rotatable bonds is 1. The summed E-state index contributed by atoms with van der Waals surface area (Å²) in [6.07, 6.45) is 6.37. The molecule has 1 fully saturated rings. The lowest BCUT2D eigenvalue weighted by atomic mass is 9.96. The van der Waals surface area contributed by atoms with Crippen molar-refractivity contribution in [3.8, 4) is 0 Å². The Morgan fingerprint density at radius 3 is 2.80 bits per heavy atom. The van der Waals surface area contributed by atoms with Gasteiger partial charge in [0.2, 0.25) is 0 Å². The van der Waals surface area contributed by atoms with Gasteiger partial charge in [-0.3, -0.25) is 9.78 Å². The van der Waals surface area contributed by atoms with E-state index in [2.05, 4.69) is 16.9 Å². The van der Waals surface area contributed by atoms with Gasteiger partial charge in [0, 0.05) is 44.6 Å². The van der Waals surface area contributed by atoms with E-state index in [9.17, 15) is 4.79 Å². The molecule has 0 saturated carbocycles. The molecule has 0 aromatic carbocycles. The molecule has 1 aromatic heterocycles. The number of likely N-dealkylation sites (tertiary alicyclic amines) is 1. The van der Waals surface area contributed by atoms with Crippen LogP contribution in [0.3, 0.4) is 0 Å². The molecule has 2 aliphatic rings. The fraction of sp³-hybridized carbons (Fsp3) is 0.600. The maximum absolute atomic E-state index is 12.7. The van der Waals surface area contributed by atoms with E-state index in [0.717, 1.165) is 51.0 Å². The van der Waals surface area contributed by atoms with Crippen molar-refractivity contribution in [3.63, 3.8) is 0 Å². The summed E-state index contributed by atoms with van der Waals surface area (Å²) in [5.41, 5.74) is 9.09. The first-order valence-electron chi connectivity index (χ1n) is 7.34. The van der Waals surface area contributed by atoms with E-state index in [1.807, 2.05) is 11.1 Å². The Morgan fingerprint density at radius 2 is 2.05 bits per heavy atom. The SMILES string of the molecule is CN1CCc2c(cncc2C(=O)N2CCC(N)CC2)C1. The maximum Gasteiger partial charge on any atom is 0.255 e. The molecule has 3 heterocycles. The monoisotopic (exact) mass is 274 g/mol. The van der Waals surface area contributed by atoms with Gasteiger partial charge in [-0.05, 0) is 37.4 Å². The fourth-order valence-electron chi connectivity index (χ4n) is 3.09. The van der Waals surface area contributed by atoms with Crippen LogP contribution in [0.2, 0.25) is 0 Å². The molecule has 1 aromatic rings. The third-order valence-electron chi connectivity index (χ3n) is 4.39. The van der Waals surface area contributed by atoms with Crippen LogP contribution in [-0.4, -0.2) is 53.4 Å². The van der Waals surface area contributed by atoms with Crippen LogP contribution in [0.25, 0.3) is 0 Å². The van der Waals surface area contributed by atoms with Gasteiger partial charge in [-0.25, -0.2) is 0 Å². The van der Waals surface area contributed by atoms with Crippen LogP contribution in [0, 0.1) is 0 Å². The van der Waals surface area contributed by atoms with Gasteiger partial charge in [0.15, 0.2) is 0 Å². The van der Waals surface area contributed by atoms with E-state index in [1.165, 1.54) is 11.1 Å². The summed E-state index contributed by atoms with van der Waals surface area (Å²) in [5.74, 6) is 0.130. The number of hydrogen-bond acceptors (Lipinski definition) is 4. The number of aromatic nitrogens is 1. The fourth-order valence-corrected chi connectivity index (χ4v) is 3.09. The lowest BCUT2D eigenvalue weighted by Gasteiger charge is -2.32. The average Bonchev–Trinajstić information content (AvgIpc) is 2.46. The van der Waals surface area contributed by atoms with Crippen molar-refractivity contribution in [3.05, 3.63) is 29.1 Å². The lowest BCUT2D eigenvalue weighted by molar-refractivity contribution is 0.0712. The summed E-state index contributed by atoms with van der Waals surface area (Å²) < 4.78 is 0. The molecule has 1 saturated heterocycles. The molecule has 20 heavy (non-hydrogen) atoms. The molecule has 0 radical (unpaired) electrons. The summed E-state index contributed by atoms with van der Waals surface area (Å²) in [6, 6.07) is 0.246. The number of likely N-dealkylation sites (N-methyl/N-ethyl adjacent to an activating group) is 1. The minimum atomic E-state index is 0.130. The van der Waals surface area contributed by atoms with Crippen LogP contribution in [0.1, 0.15) is 34.3 Å². The van der Waals surface area contributed by atoms with Crippen molar-refractivity contribution in [2.45, 2.75) is 31.8 Å². The van der Waals surface area contributed by atoms with Crippen LogP contribution in [0.5, 0.6) is 0 Å². The number of fused-ring (bicyclic) bond motifs is 1. The van der Waals surface area contributed by atoms with Crippen molar-refractivity contribution in [1.29, 1.82) is 0 Å². The number of hydrogen-bond donors (Lipinski definition) is 1. The lowest BCUT2D eigenvalue weighted by Crippen LogP contribution is -2.43. The average molecular weight is 274 g/mol. The Kier molecular flexibility index (Phi) is 3.72. The first kappa shape index (κ1) is 13.5. The summed E-state index contributed by atoms with van der Waals surface area (Å²) in [4.78, 5) is 21.1. The highest BCUT2D eigenvalue weighted by Gasteiger charge is 2.26. The second-order valence-electron chi connectivity index (χ2n) is 5.94. The number of carbonyl (C=O) groups excluding carboxylic acids is 1. The summed E-state index contributed by atoms with van der Waals surface area (Å²) >= 11 is 0. The predicted octanol–water partition coefficient (Wildman–Crippen LogP) is 0.633. The molecular weight excluding hydrogens is 252 g/mol. The quantitative estimate of drug-likeness (QED) is 0.816.